The Hall–Kier alpha value is -3.52. The number of piperidine rings is 1. The summed E-state index contributed by atoms with van der Waals surface area (Å²) in [5, 5.41) is 18.3. The Morgan fingerprint density at radius 2 is 1.64 bits per heavy atom. The van der Waals surface area contributed by atoms with Crippen LogP contribution in [-0.4, -0.2) is 51.4 Å². The number of aliphatic carboxylic acids is 1. The number of fused-ring (bicyclic) bond motifs is 1. The van der Waals surface area contributed by atoms with Gasteiger partial charge in [-0.15, -0.1) is 0 Å². The molecule has 0 bridgehead atoms. The van der Waals surface area contributed by atoms with Crippen molar-refractivity contribution in [2.24, 2.45) is 5.41 Å². The van der Waals surface area contributed by atoms with Crippen molar-refractivity contribution >= 4 is 17.5 Å². The lowest BCUT2D eigenvalue weighted by atomic mass is 9.82. The van der Waals surface area contributed by atoms with Gasteiger partial charge in [0, 0.05) is 48.7 Å². The highest BCUT2D eigenvalue weighted by Gasteiger charge is 2.30. The summed E-state index contributed by atoms with van der Waals surface area (Å²) in [6.45, 7) is 17.0. The Morgan fingerprint density at radius 3 is 2.26 bits per heavy atom. The predicted octanol–water partition coefficient (Wildman–Crippen LogP) is 6.49. The molecular weight excluding hydrogens is 531 g/mol. The third-order valence-corrected chi connectivity index (χ3v) is 7.95. The van der Waals surface area contributed by atoms with E-state index in [1.165, 1.54) is 17.2 Å². The maximum atomic E-state index is 13.7. The third-order valence-electron chi connectivity index (χ3n) is 7.95. The van der Waals surface area contributed by atoms with E-state index < -0.39 is 17.5 Å². The van der Waals surface area contributed by atoms with Crippen molar-refractivity contribution in [2.75, 3.05) is 29.4 Å². The van der Waals surface area contributed by atoms with Crippen molar-refractivity contribution in [1.29, 1.82) is 0 Å². The molecule has 0 saturated carbocycles. The topological polar surface area (TPSA) is 89.8 Å². The second-order valence-electron chi connectivity index (χ2n) is 13.4. The summed E-state index contributed by atoms with van der Waals surface area (Å²) in [5.74, 6) is -0.650. The molecule has 7 nitrogen and oxygen atoms in total. The highest BCUT2D eigenvalue weighted by molar-refractivity contribution is 5.86. The van der Waals surface area contributed by atoms with E-state index in [9.17, 15) is 14.3 Å². The number of anilines is 2. The van der Waals surface area contributed by atoms with Crippen LogP contribution in [0.5, 0.6) is 0 Å². The number of carboxylic acid groups (broad SMARTS) is 1. The molecule has 1 fully saturated rings. The molecule has 5 rings (SSSR count). The first-order valence-electron chi connectivity index (χ1n) is 14.8. The minimum absolute atomic E-state index is 0.0398. The maximum absolute atomic E-state index is 13.7. The first-order valence-corrected chi connectivity index (χ1v) is 14.8. The van der Waals surface area contributed by atoms with E-state index in [2.05, 4.69) is 46.8 Å². The number of nitrogens with zero attached hydrogens (tertiary/aromatic N) is 4. The Balaban J connectivity index is 0.000000748. The molecule has 4 heterocycles. The van der Waals surface area contributed by atoms with Crippen LogP contribution in [-0.2, 0) is 24.2 Å². The number of hydrogen-bond donors (Lipinski definition) is 2. The van der Waals surface area contributed by atoms with Gasteiger partial charge in [-0.2, -0.15) is 4.39 Å². The number of carbonyl (C=O) groups is 1. The van der Waals surface area contributed by atoms with E-state index in [1.54, 1.807) is 26.8 Å². The van der Waals surface area contributed by atoms with Crippen LogP contribution in [0.2, 0.25) is 0 Å². The number of aryl methyl sites for hydroxylation is 2. The Bertz CT molecular complexity index is 1430. The Morgan fingerprint density at radius 1 is 0.976 bits per heavy atom. The van der Waals surface area contributed by atoms with Gasteiger partial charge in [-0.25, -0.2) is 4.98 Å². The Labute approximate surface area is 249 Å². The fourth-order valence-corrected chi connectivity index (χ4v) is 5.74. The molecule has 0 radical (unpaired) electrons. The van der Waals surface area contributed by atoms with Crippen LogP contribution in [0.4, 0.5) is 15.9 Å². The van der Waals surface area contributed by atoms with E-state index in [-0.39, 0.29) is 11.8 Å². The molecule has 1 aromatic carbocycles. The zero-order valence-corrected chi connectivity index (χ0v) is 26.1. The van der Waals surface area contributed by atoms with Gasteiger partial charge < -0.3 is 20.0 Å². The van der Waals surface area contributed by atoms with Crippen molar-refractivity contribution in [3.8, 4) is 11.1 Å². The predicted molar refractivity (Wildman–Crippen MR) is 167 cm³/mol. The van der Waals surface area contributed by atoms with Crippen LogP contribution >= 0.6 is 0 Å². The van der Waals surface area contributed by atoms with Crippen molar-refractivity contribution in [1.82, 2.24) is 9.97 Å². The summed E-state index contributed by atoms with van der Waals surface area (Å²) in [6, 6.07) is 11.4. The van der Waals surface area contributed by atoms with Gasteiger partial charge in [-0.3, -0.25) is 9.78 Å². The summed E-state index contributed by atoms with van der Waals surface area (Å²) in [6.07, 6.45) is 2.91. The maximum Gasteiger partial charge on any atom is 0.307 e. The van der Waals surface area contributed by atoms with Crippen molar-refractivity contribution < 1.29 is 19.4 Å². The van der Waals surface area contributed by atoms with Gasteiger partial charge in [-0.1, -0.05) is 38.1 Å². The minimum atomic E-state index is -0.838. The van der Waals surface area contributed by atoms with Gasteiger partial charge in [0.15, 0.2) is 0 Å². The number of carboxylic acids is 1. The van der Waals surface area contributed by atoms with E-state index in [1.807, 2.05) is 19.9 Å². The van der Waals surface area contributed by atoms with Gasteiger partial charge in [0.25, 0.3) is 0 Å². The lowest BCUT2D eigenvalue weighted by molar-refractivity contribution is -0.136. The molecule has 2 aromatic heterocycles. The highest BCUT2D eigenvalue weighted by Crippen LogP contribution is 2.42. The zero-order valence-electron chi connectivity index (χ0n) is 26.1. The van der Waals surface area contributed by atoms with Crippen LogP contribution in [0.3, 0.4) is 0 Å². The first kappa shape index (κ1) is 31.4. The van der Waals surface area contributed by atoms with Gasteiger partial charge in [-0.05, 0) is 88.1 Å². The summed E-state index contributed by atoms with van der Waals surface area (Å²) < 4.78 is 13.7. The molecule has 8 heteroatoms. The van der Waals surface area contributed by atoms with E-state index in [0.29, 0.717) is 12.4 Å². The molecule has 0 amide bonds. The number of aromatic nitrogens is 2. The smallest absolute Gasteiger partial charge is 0.307 e. The molecule has 2 aliphatic rings. The molecule has 1 saturated heterocycles. The molecule has 2 aliphatic heterocycles. The molecule has 3 aromatic rings. The number of rotatable bonds is 5. The number of benzene rings is 1. The lowest BCUT2D eigenvalue weighted by Crippen LogP contribution is -2.38. The van der Waals surface area contributed by atoms with Crippen LogP contribution in [0.15, 0.2) is 36.4 Å². The van der Waals surface area contributed by atoms with Gasteiger partial charge in [0.2, 0.25) is 5.95 Å². The second-order valence-corrected chi connectivity index (χ2v) is 13.4. The lowest BCUT2D eigenvalue weighted by Gasteiger charge is -2.40. The molecule has 0 atom stereocenters. The highest BCUT2D eigenvalue weighted by atomic mass is 19.1. The standard InChI is InChI=1S/C30H35FN4O2.C4H10O/c1-19-24(17-27(36)37)29(34-14-11-30(3,4)12-15-34)28(20(2)32-19)22-8-9-23-18-35(13-10-21(23)16-22)26-7-5-6-25(31)33-26;1-4(2,3)5/h5-9,16H,10-15,17-18H2,1-4H3,(H,36,37);5H,1-3H3. The van der Waals surface area contributed by atoms with Crippen LogP contribution < -0.4 is 9.80 Å². The minimum Gasteiger partial charge on any atom is -0.481 e. The summed E-state index contributed by atoms with van der Waals surface area (Å²) >= 11 is 0. The van der Waals surface area contributed by atoms with Gasteiger partial charge in [0.05, 0.1) is 17.7 Å². The van der Waals surface area contributed by atoms with Crippen LogP contribution in [0.25, 0.3) is 11.1 Å². The largest absolute Gasteiger partial charge is 0.481 e. The van der Waals surface area contributed by atoms with Crippen molar-refractivity contribution in [2.45, 2.75) is 86.3 Å². The summed E-state index contributed by atoms with van der Waals surface area (Å²) in [4.78, 5) is 25.2. The molecule has 0 aliphatic carbocycles. The van der Waals surface area contributed by atoms with Crippen LogP contribution in [0, 0.1) is 25.2 Å². The SMILES string of the molecule is CC(C)(C)O.Cc1nc(C)c(-c2ccc3c(c2)CCN(c2cccc(F)n2)C3)c(N2CCC(C)(C)CC2)c1CC(=O)O. The average molecular weight is 577 g/mol. The molecular formula is C34H45FN4O3. The van der Waals surface area contributed by atoms with Gasteiger partial charge in [0.1, 0.15) is 5.82 Å². The quantitative estimate of drug-likeness (QED) is 0.336. The van der Waals surface area contributed by atoms with E-state index in [0.717, 1.165) is 72.7 Å². The van der Waals surface area contributed by atoms with Crippen molar-refractivity contribution in [3.63, 3.8) is 0 Å². The zero-order chi connectivity index (χ0) is 30.8. The van der Waals surface area contributed by atoms with E-state index >= 15 is 0 Å². The summed E-state index contributed by atoms with van der Waals surface area (Å²) in [7, 11) is 0. The van der Waals surface area contributed by atoms with Gasteiger partial charge >= 0.3 is 5.97 Å². The molecule has 42 heavy (non-hydrogen) atoms. The number of pyridine rings is 2. The molecule has 0 spiro atoms. The Kier molecular flexibility index (Phi) is 9.26. The van der Waals surface area contributed by atoms with Crippen LogP contribution in [0.1, 0.15) is 75.5 Å². The number of halogens is 1. The third kappa shape index (κ3) is 7.85. The summed E-state index contributed by atoms with van der Waals surface area (Å²) in [5.41, 5.74) is 7.92. The first-order chi connectivity index (χ1) is 19.6. The molecule has 0 unspecified atom stereocenters. The normalized spacial score (nSPS) is 16.4. The second kappa shape index (κ2) is 12.4. The van der Waals surface area contributed by atoms with Crippen molar-refractivity contribution in [3.05, 3.63) is 70.4 Å². The fourth-order valence-electron chi connectivity index (χ4n) is 5.74. The monoisotopic (exact) mass is 576 g/mol. The van der Waals surface area contributed by atoms with E-state index in [4.69, 9.17) is 10.1 Å². The number of aliphatic hydroxyl groups is 1. The average Bonchev–Trinajstić information content (AvgIpc) is 2.88. The number of hydrogen-bond acceptors (Lipinski definition) is 6. The molecule has 226 valence electrons. The fraction of sp³-hybridized carbons (Fsp3) is 0.500. The molecule has 2 N–H and O–H groups in total.